The van der Waals surface area contributed by atoms with Crippen molar-refractivity contribution in [3.05, 3.63) is 29.3 Å². The highest BCUT2D eigenvalue weighted by molar-refractivity contribution is 6.30. The monoisotopic (exact) mass is 336 g/mol. The molecule has 1 aliphatic heterocycles. The van der Waals surface area contributed by atoms with Crippen molar-refractivity contribution in [2.24, 2.45) is 0 Å². The van der Waals surface area contributed by atoms with Crippen molar-refractivity contribution in [3.8, 4) is 5.75 Å². The molecule has 1 heterocycles. The van der Waals surface area contributed by atoms with Crippen LogP contribution in [0.3, 0.4) is 0 Å². The Hall–Kier alpha value is -1.26. The summed E-state index contributed by atoms with van der Waals surface area (Å²) in [4.78, 5) is 16.0. The number of ether oxygens (including phenoxy) is 1. The van der Waals surface area contributed by atoms with E-state index in [1.54, 1.807) is 6.92 Å². The highest BCUT2D eigenvalue weighted by atomic mass is 35.5. The van der Waals surface area contributed by atoms with Crippen LogP contribution in [0, 0.1) is 0 Å². The first-order chi connectivity index (χ1) is 11.1. The summed E-state index contributed by atoms with van der Waals surface area (Å²) in [5.41, 5.74) is 2.93. The minimum absolute atomic E-state index is 0.0423. The Labute approximate surface area is 143 Å². The fraction of sp³-hybridized carbons (Fsp3) is 0.611. The van der Waals surface area contributed by atoms with Gasteiger partial charge in [0.1, 0.15) is 17.7 Å². The molecular formula is C18H25ClN2O2. The molecule has 1 amide bonds. The maximum Gasteiger partial charge on any atom is 0.240 e. The Morgan fingerprint density at radius 2 is 1.96 bits per heavy atom. The third-order valence-corrected chi connectivity index (χ3v) is 4.96. The maximum atomic E-state index is 11.8. The molecule has 1 unspecified atom stereocenters. The molecular weight excluding hydrogens is 312 g/mol. The van der Waals surface area contributed by atoms with Crippen LogP contribution in [0.4, 0.5) is 0 Å². The van der Waals surface area contributed by atoms with E-state index in [2.05, 4.69) is 23.1 Å². The van der Waals surface area contributed by atoms with Crippen LogP contribution in [0.15, 0.2) is 18.2 Å². The Morgan fingerprint density at radius 1 is 1.22 bits per heavy atom. The van der Waals surface area contributed by atoms with Crippen molar-refractivity contribution >= 4 is 17.5 Å². The molecule has 0 bridgehead atoms. The number of nitrogens with zero attached hydrogens (tertiary/aromatic N) is 2. The summed E-state index contributed by atoms with van der Waals surface area (Å²) in [6.45, 7) is 6.63. The van der Waals surface area contributed by atoms with Crippen molar-refractivity contribution in [2.45, 2.75) is 31.6 Å². The van der Waals surface area contributed by atoms with Crippen LogP contribution >= 0.6 is 11.6 Å². The molecule has 0 saturated carbocycles. The van der Waals surface area contributed by atoms with E-state index < -0.39 is 5.38 Å². The average Bonchev–Trinajstić information content (AvgIpc) is 3.02. The van der Waals surface area contributed by atoms with Crippen molar-refractivity contribution in [1.29, 1.82) is 0 Å². The zero-order chi connectivity index (χ0) is 16.2. The van der Waals surface area contributed by atoms with Gasteiger partial charge in [-0.05, 0) is 49.4 Å². The van der Waals surface area contributed by atoms with E-state index in [9.17, 15) is 4.79 Å². The summed E-state index contributed by atoms with van der Waals surface area (Å²) < 4.78 is 5.90. The van der Waals surface area contributed by atoms with Gasteiger partial charge < -0.3 is 9.64 Å². The molecule has 23 heavy (non-hydrogen) atoms. The number of aryl methyl sites for hydroxylation is 2. The lowest BCUT2D eigenvalue weighted by Gasteiger charge is -2.35. The van der Waals surface area contributed by atoms with E-state index in [1.807, 2.05) is 4.90 Å². The van der Waals surface area contributed by atoms with E-state index in [0.717, 1.165) is 38.5 Å². The molecule has 0 aromatic heterocycles. The van der Waals surface area contributed by atoms with E-state index in [0.29, 0.717) is 6.61 Å². The molecule has 0 spiro atoms. The van der Waals surface area contributed by atoms with Gasteiger partial charge in [-0.25, -0.2) is 0 Å². The van der Waals surface area contributed by atoms with Gasteiger partial charge in [0.15, 0.2) is 0 Å². The number of amides is 1. The lowest BCUT2D eigenvalue weighted by atomic mass is 10.1. The Kier molecular flexibility index (Phi) is 5.44. The maximum absolute atomic E-state index is 11.8. The zero-order valence-electron chi connectivity index (χ0n) is 13.8. The number of carbonyl (C=O) groups excluding carboxylic acids is 1. The van der Waals surface area contributed by atoms with E-state index in [-0.39, 0.29) is 5.91 Å². The van der Waals surface area contributed by atoms with Gasteiger partial charge in [0.2, 0.25) is 5.91 Å². The highest BCUT2D eigenvalue weighted by Crippen LogP contribution is 2.25. The van der Waals surface area contributed by atoms with E-state index in [4.69, 9.17) is 16.3 Å². The summed E-state index contributed by atoms with van der Waals surface area (Å²) in [6.07, 6.45) is 3.66. The second-order valence-electron chi connectivity index (χ2n) is 6.42. The summed E-state index contributed by atoms with van der Waals surface area (Å²) in [5.74, 6) is 1.02. The highest BCUT2D eigenvalue weighted by Gasteiger charge is 2.23. The Balaban J connectivity index is 1.39. The minimum Gasteiger partial charge on any atom is -0.492 e. The molecule has 0 N–H and O–H groups in total. The van der Waals surface area contributed by atoms with Crippen LogP contribution in [-0.2, 0) is 17.6 Å². The van der Waals surface area contributed by atoms with Crippen LogP contribution in [-0.4, -0.2) is 60.4 Å². The van der Waals surface area contributed by atoms with Crippen molar-refractivity contribution in [3.63, 3.8) is 0 Å². The topological polar surface area (TPSA) is 32.8 Å². The first kappa shape index (κ1) is 16.6. The normalized spacial score (nSPS) is 19.5. The number of fused-ring (bicyclic) bond motifs is 1. The van der Waals surface area contributed by atoms with Gasteiger partial charge in [0.25, 0.3) is 0 Å². The lowest BCUT2D eigenvalue weighted by Crippen LogP contribution is -2.51. The van der Waals surface area contributed by atoms with E-state index in [1.165, 1.54) is 30.4 Å². The summed E-state index contributed by atoms with van der Waals surface area (Å²) in [7, 11) is 0. The number of rotatable bonds is 5. The molecule has 0 radical (unpaired) electrons. The quantitative estimate of drug-likeness (QED) is 0.774. The van der Waals surface area contributed by atoms with Gasteiger partial charge in [0, 0.05) is 32.7 Å². The fourth-order valence-electron chi connectivity index (χ4n) is 3.37. The van der Waals surface area contributed by atoms with Gasteiger partial charge in [-0.3, -0.25) is 9.69 Å². The number of halogens is 1. The third-order valence-electron chi connectivity index (χ3n) is 4.77. The van der Waals surface area contributed by atoms with Crippen LogP contribution < -0.4 is 4.74 Å². The molecule has 2 aliphatic rings. The van der Waals surface area contributed by atoms with Crippen LogP contribution in [0.2, 0.25) is 0 Å². The first-order valence-corrected chi connectivity index (χ1v) is 8.97. The molecule has 1 fully saturated rings. The van der Waals surface area contributed by atoms with Gasteiger partial charge in [-0.15, -0.1) is 11.6 Å². The Bertz CT molecular complexity index is 554. The first-order valence-electron chi connectivity index (χ1n) is 8.53. The average molecular weight is 337 g/mol. The van der Waals surface area contributed by atoms with Crippen molar-refractivity contribution in [1.82, 2.24) is 9.80 Å². The lowest BCUT2D eigenvalue weighted by molar-refractivity contribution is -0.132. The van der Waals surface area contributed by atoms with Crippen LogP contribution in [0.25, 0.3) is 0 Å². The number of benzene rings is 1. The van der Waals surface area contributed by atoms with Crippen LogP contribution in [0.1, 0.15) is 24.5 Å². The minimum atomic E-state index is -0.426. The summed E-state index contributed by atoms with van der Waals surface area (Å²) in [6, 6.07) is 6.48. The number of piperazine rings is 1. The molecule has 1 saturated heterocycles. The standard InChI is InChI=1S/C18H25ClN2O2/c1-14(19)18(22)21-9-7-20(8-10-21)11-12-23-17-6-5-15-3-2-4-16(15)13-17/h5-6,13-14H,2-4,7-12H2,1H3. The second kappa shape index (κ2) is 7.54. The van der Waals surface area contributed by atoms with E-state index >= 15 is 0 Å². The predicted molar refractivity (Wildman–Crippen MR) is 92.3 cm³/mol. The molecule has 3 rings (SSSR count). The third kappa shape index (κ3) is 4.18. The Morgan fingerprint density at radius 3 is 2.70 bits per heavy atom. The molecule has 4 nitrogen and oxygen atoms in total. The van der Waals surface area contributed by atoms with Gasteiger partial charge >= 0.3 is 0 Å². The number of alkyl halides is 1. The number of hydrogen-bond donors (Lipinski definition) is 0. The zero-order valence-corrected chi connectivity index (χ0v) is 14.5. The van der Waals surface area contributed by atoms with Gasteiger partial charge in [-0.1, -0.05) is 6.07 Å². The van der Waals surface area contributed by atoms with Crippen LogP contribution in [0.5, 0.6) is 5.75 Å². The molecule has 5 heteroatoms. The molecule has 126 valence electrons. The predicted octanol–water partition coefficient (Wildman–Crippen LogP) is 2.33. The molecule has 1 aliphatic carbocycles. The van der Waals surface area contributed by atoms with Gasteiger partial charge in [0.05, 0.1) is 0 Å². The molecule has 1 aromatic carbocycles. The number of hydrogen-bond acceptors (Lipinski definition) is 3. The van der Waals surface area contributed by atoms with Crippen molar-refractivity contribution < 1.29 is 9.53 Å². The smallest absolute Gasteiger partial charge is 0.240 e. The largest absolute Gasteiger partial charge is 0.492 e. The fourth-order valence-corrected chi connectivity index (χ4v) is 3.51. The second-order valence-corrected chi connectivity index (χ2v) is 7.07. The molecule has 1 aromatic rings. The SMILES string of the molecule is CC(Cl)C(=O)N1CCN(CCOc2ccc3c(c2)CCC3)CC1. The number of carbonyl (C=O) groups is 1. The molecule has 1 atom stereocenters. The van der Waals surface area contributed by atoms with Crippen molar-refractivity contribution in [2.75, 3.05) is 39.3 Å². The van der Waals surface area contributed by atoms with Gasteiger partial charge in [-0.2, -0.15) is 0 Å². The summed E-state index contributed by atoms with van der Waals surface area (Å²) in [5, 5.41) is -0.426. The summed E-state index contributed by atoms with van der Waals surface area (Å²) >= 11 is 5.86.